The van der Waals surface area contributed by atoms with Gasteiger partial charge < -0.3 is 10.5 Å². The first-order valence-corrected chi connectivity index (χ1v) is 6.81. The van der Waals surface area contributed by atoms with Crippen LogP contribution in [-0.4, -0.2) is 31.7 Å². The lowest BCUT2D eigenvalue weighted by Gasteiger charge is -2.32. The molecule has 0 bridgehead atoms. The number of rotatable bonds is 5. The van der Waals surface area contributed by atoms with Gasteiger partial charge in [0.2, 0.25) is 0 Å². The SMILES string of the molecule is COCC1CCCN(Cc2cccc(CN)c2)C1. The standard InChI is InChI=1S/C15H24N2O/c1-18-12-15-6-3-7-17(11-15)10-14-5-2-4-13(8-14)9-16/h2,4-5,8,15H,3,6-7,9-12,16H2,1H3. The lowest BCUT2D eigenvalue weighted by Crippen LogP contribution is -2.36. The number of hydrogen-bond donors (Lipinski definition) is 1. The summed E-state index contributed by atoms with van der Waals surface area (Å²) in [5.74, 6) is 0.696. The number of likely N-dealkylation sites (tertiary alicyclic amines) is 1. The molecular weight excluding hydrogens is 224 g/mol. The predicted octanol–water partition coefficient (Wildman–Crippen LogP) is 2.00. The zero-order chi connectivity index (χ0) is 12.8. The smallest absolute Gasteiger partial charge is 0.0502 e. The van der Waals surface area contributed by atoms with E-state index in [0.29, 0.717) is 12.5 Å². The van der Waals surface area contributed by atoms with Crippen molar-refractivity contribution in [3.8, 4) is 0 Å². The average Bonchev–Trinajstić information content (AvgIpc) is 2.40. The van der Waals surface area contributed by atoms with Crippen molar-refractivity contribution in [3.63, 3.8) is 0 Å². The minimum absolute atomic E-state index is 0.625. The van der Waals surface area contributed by atoms with E-state index in [4.69, 9.17) is 10.5 Å². The van der Waals surface area contributed by atoms with Gasteiger partial charge in [0.25, 0.3) is 0 Å². The molecule has 100 valence electrons. The summed E-state index contributed by atoms with van der Waals surface area (Å²) in [6, 6.07) is 8.61. The molecule has 1 aliphatic heterocycles. The molecule has 1 aromatic carbocycles. The van der Waals surface area contributed by atoms with E-state index in [9.17, 15) is 0 Å². The second-order valence-corrected chi connectivity index (χ2v) is 5.22. The Morgan fingerprint density at radius 1 is 1.39 bits per heavy atom. The summed E-state index contributed by atoms with van der Waals surface area (Å²) in [6.45, 7) is 4.90. The first-order valence-electron chi connectivity index (χ1n) is 6.81. The molecule has 0 amide bonds. The summed E-state index contributed by atoms with van der Waals surface area (Å²) in [6.07, 6.45) is 2.58. The molecule has 1 atom stereocenters. The number of nitrogens with zero attached hydrogens (tertiary/aromatic N) is 1. The second-order valence-electron chi connectivity index (χ2n) is 5.22. The highest BCUT2D eigenvalue weighted by Crippen LogP contribution is 2.19. The lowest BCUT2D eigenvalue weighted by molar-refractivity contribution is 0.0874. The number of piperidine rings is 1. The van der Waals surface area contributed by atoms with Gasteiger partial charge in [-0.15, -0.1) is 0 Å². The van der Waals surface area contributed by atoms with Gasteiger partial charge in [-0.2, -0.15) is 0 Å². The van der Waals surface area contributed by atoms with Gasteiger partial charge in [0.1, 0.15) is 0 Å². The first-order chi connectivity index (χ1) is 8.81. The molecule has 1 saturated heterocycles. The van der Waals surface area contributed by atoms with Gasteiger partial charge in [-0.3, -0.25) is 4.90 Å². The quantitative estimate of drug-likeness (QED) is 0.866. The van der Waals surface area contributed by atoms with Crippen LogP contribution in [0.5, 0.6) is 0 Å². The van der Waals surface area contributed by atoms with Gasteiger partial charge in [0.15, 0.2) is 0 Å². The van der Waals surface area contributed by atoms with Gasteiger partial charge >= 0.3 is 0 Å². The number of nitrogens with two attached hydrogens (primary N) is 1. The molecule has 2 N–H and O–H groups in total. The summed E-state index contributed by atoms with van der Waals surface area (Å²) >= 11 is 0. The van der Waals surface area contributed by atoms with Crippen LogP contribution in [0.2, 0.25) is 0 Å². The largest absolute Gasteiger partial charge is 0.384 e. The summed E-state index contributed by atoms with van der Waals surface area (Å²) in [7, 11) is 1.80. The minimum Gasteiger partial charge on any atom is -0.384 e. The van der Waals surface area contributed by atoms with Crippen LogP contribution >= 0.6 is 0 Å². The summed E-state index contributed by atoms with van der Waals surface area (Å²) in [5, 5.41) is 0. The fourth-order valence-electron chi connectivity index (χ4n) is 2.78. The molecule has 0 radical (unpaired) electrons. The maximum absolute atomic E-state index is 5.68. The van der Waals surface area contributed by atoms with Gasteiger partial charge in [-0.25, -0.2) is 0 Å². The van der Waals surface area contributed by atoms with Gasteiger partial charge in [-0.1, -0.05) is 24.3 Å². The Bertz CT molecular complexity index is 365. The van der Waals surface area contributed by atoms with E-state index >= 15 is 0 Å². The Labute approximate surface area is 110 Å². The molecular formula is C15H24N2O. The molecule has 3 heteroatoms. The Hall–Kier alpha value is -0.900. The van der Waals surface area contributed by atoms with Crippen LogP contribution in [0.4, 0.5) is 0 Å². The minimum atomic E-state index is 0.625. The predicted molar refractivity (Wildman–Crippen MR) is 74.2 cm³/mol. The Kier molecular flexibility index (Phi) is 5.17. The highest BCUT2D eigenvalue weighted by molar-refractivity contribution is 5.23. The van der Waals surface area contributed by atoms with Gasteiger partial charge in [0, 0.05) is 26.7 Å². The third-order valence-corrected chi connectivity index (χ3v) is 3.64. The van der Waals surface area contributed by atoms with Crippen molar-refractivity contribution in [2.24, 2.45) is 11.7 Å². The number of benzene rings is 1. The van der Waals surface area contributed by atoms with Crippen LogP contribution in [0.25, 0.3) is 0 Å². The molecule has 0 aromatic heterocycles. The zero-order valence-electron chi connectivity index (χ0n) is 11.3. The third kappa shape index (κ3) is 3.80. The Morgan fingerprint density at radius 3 is 3.00 bits per heavy atom. The van der Waals surface area contributed by atoms with Gasteiger partial charge in [0.05, 0.1) is 6.61 Å². The van der Waals surface area contributed by atoms with E-state index in [2.05, 4.69) is 29.2 Å². The average molecular weight is 248 g/mol. The van der Waals surface area contributed by atoms with Crippen LogP contribution in [-0.2, 0) is 17.8 Å². The van der Waals surface area contributed by atoms with Crippen LogP contribution in [0.15, 0.2) is 24.3 Å². The van der Waals surface area contributed by atoms with Crippen LogP contribution in [0.1, 0.15) is 24.0 Å². The van der Waals surface area contributed by atoms with Crippen molar-refractivity contribution < 1.29 is 4.74 Å². The maximum Gasteiger partial charge on any atom is 0.0502 e. The van der Waals surface area contributed by atoms with Crippen molar-refractivity contribution in [1.82, 2.24) is 4.90 Å². The van der Waals surface area contributed by atoms with E-state index in [1.807, 2.05) is 0 Å². The molecule has 18 heavy (non-hydrogen) atoms. The zero-order valence-corrected chi connectivity index (χ0v) is 11.3. The van der Waals surface area contributed by atoms with Crippen LogP contribution in [0, 0.1) is 5.92 Å². The first kappa shape index (κ1) is 13.5. The fraction of sp³-hybridized carbons (Fsp3) is 0.600. The molecule has 1 heterocycles. The second kappa shape index (κ2) is 6.88. The van der Waals surface area contributed by atoms with Gasteiger partial charge in [-0.05, 0) is 36.4 Å². The van der Waals surface area contributed by atoms with Crippen molar-refractivity contribution in [2.75, 3.05) is 26.8 Å². The molecule has 0 spiro atoms. The third-order valence-electron chi connectivity index (χ3n) is 3.64. The molecule has 1 unspecified atom stereocenters. The highest BCUT2D eigenvalue weighted by atomic mass is 16.5. The number of methoxy groups -OCH3 is 1. The lowest BCUT2D eigenvalue weighted by atomic mass is 9.98. The molecule has 1 aromatic rings. The topological polar surface area (TPSA) is 38.5 Å². The van der Waals surface area contributed by atoms with Crippen molar-refractivity contribution in [2.45, 2.75) is 25.9 Å². The summed E-state index contributed by atoms with van der Waals surface area (Å²) < 4.78 is 5.27. The van der Waals surface area contributed by atoms with E-state index in [0.717, 1.165) is 19.7 Å². The van der Waals surface area contributed by atoms with E-state index in [1.165, 1.54) is 30.5 Å². The summed E-state index contributed by atoms with van der Waals surface area (Å²) in [5.41, 5.74) is 8.27. The van der Waals surface area contributed by atoms with E-state index < -0.39 is 0 Å². The summed E-state index contributed by atoms with van der Waals surface area (Å²) in [4.78, 5) is 2.53. The fourth-order valence-corrected chi connectivity index (χ4v) is 2.78. The molecule has 1 fully saturated rings. The van der Waals surface area contributed by atoms with Crippen LogP contribution in [0.3, 0.4) is 0 Å². The van der Waals surface area contributed by atoms with Crippen molar-refractivity contribution in [1.29, 1.82) is 0 Å². The number of ether oxygens (including phenoxy) is 1. The normalized spacial score (nSPS) is 21.1. The highest BCUT2D eigenvalue weighted by Gasteiger charge is 2.19. The molecule has 2 rings (SSSR count). The maximum atomic E-state index is 5.68. The number of hydrogen-bond acceptors (Lipinski definition) is 3. The van der Waals surface area contributed by atoms with E-state index in [1.54, 1.807) is 7.11 Å². The van der Waals surface area contributed by atoms with Crippen LogP contribution < -0.4 is 5.73 Å². The molecule has 1 aliphatic rings. The van der Waals surface area contributed by atoms with E-state index in [-0.39, 0.29) is 0 Å². The van der Waals surface area contributed by atoms with Crippen molar-refractivity contribution in [3.05, 3.63) is 35.4 Å². The Morgan fingerprint density at radius 2 is 2.22 bits per heavy atom. The molecule has 0 saturated carbocycles. The molecule has 3 nitrogen and oxygen atoms in total. The monoisotopic (exact) mass is 248 g/mol. The Balaban J connectivity index is 1.91. The van der Waals surface area contributed by atoms with Crippen molar-refractivity contribution >= 4 is 0 Å². The molecule has 0 aliphatic carbocycles.